The summed E-state index contributed by atoms with van der Waals surface area (Å²) in [5.74, 6) is 3.41. The van der Waals surface area contributed by atoms with Crippen molar-refractivity contribution in [2.24, 2.45) is 0 Å². The Morgan fingerprint density at radius 3 is 2.41 bits per heavy atom. The molecule has 12 heteroatoms. The maximum absolute atomic E-state index is 13.0. The molecule has 2 N–H and O–H groups in total. The lowest BCUT2D eigenvalue weighted by atomic mass is 10.0. The van der Waals surface area contributed by atoms with E-state index in [1.807, 2.05) is 0 Å². The van der Waals surface area contributed by atoms with E-state index in [2.05, 4.69) is 22.5 Å². The predicted octanol–water partition coefficient (Wildman–Crippen LogP) is 1.01. The van der Waals surface area contributed by atoms with Crippen molar-refractivity contribution in [3.05, 3.63) is 34.9 Å². The van der Waals surface area contributed by atoms with Crippen molar-refractivity contribution < 1.29 is 42.9 Å². The van der Waals surface area contributed by atoms with Gasteiger partial charge in [0.15, 0.2) is 0 Å². The number of nitrogens with one attached hydrogen (secondary N) is 2. The number of carbonyl (C=O) groups is 5. The van der Waals surface area contributed by atoms with E-state index >= 15 is 0 Å². The first-order valence-electron chi connectivity index (χ1n) is 12.6. The van der Waals surface area contributed by atoms with Crippen LogP contribution in [-0.2, 0) is 28.5 Å². The quantitative estimate of drug-likeness (QED) is 0.237. The number of hydrogen-bond donors (Lipinski definition) is 2. The number of amides is 5. The van der Waals surface area contributed by atoms with Gasteiger partial charge in [0, 0.05) is 18.5 Å². The summed E-state index contributed by atoms with van der Waals surface area (Å²) in [6.07, 6.45) is -0.351. The van der Waals surface area contributed by atoms with Gasteiger partial charge in [0.05, 0.1) is 44.2 Å². The molecule has 0 aromatic heterocycles. The minimum atomic E-state index is -1.03. The Labute approximate surface area is 226 Å². The van der Waals surface area contributed by atoms with Gasteiger partial charge in [-0.2, -0.15) is 0 Å². The molecule has 12 nitrogen and oxygen atoms in total. The SMILES string of the molecule is CC(C)(C)OC(=O)NCCOCCOCCOCC#Cc1cccc2c1C(=O)N(C1CCC(=O)NC1=O)C2=O. The fourth-order valence-electron chi connectivity index (χ4n) is 3.85. The van der Waals surface area contributed by atoms with Crippen molar-refractivity contribution in [3.63, 3.8) is 0 Å². The molecular formula is C27H33N3O9. The van der Waals surface area contributed by atoms with Crippen LogP contribution in [0.3, 0.4) is 0 Å². The predicted molar refractivity (Wildman–Crippen MR) is 137 cm³/mol. The van der Waals surface area contributed by atoms with Crippen molar-refractivity contribution in [2.75, 3.05) is 46.2 Å². The fraction of sp³-hybridized carbons (Fsp3) is 0.519. The minimum Gasteiger partial charge on any atom is -0.444 e. The Morgan fingerprint density at radius 1 is 1.03 bits per heavy atom. The lowest BCUT2D eigenvalue weighted by molar-refractivity contribution is -0.136. The van der Waals surface area contributed by atoms with Crippen LogP contribution in [0.2, 0.25) is 0 Å². The van der Waals surface area contributed by atoms with Crippen LogP contribution in [0.4, 0.5) is 4.79 Å². The highest BCUT2D eigenvalue weighted by molar-refractivity contribution is 6.24. The molecule has 1 aromatic rings. The number of hydrogen-bond acceptors (Lipinski definition) is 9. The van der Waals surface area contributed by atoms with Crippen LogP contribution >= 0.6 is 0 Å². The number of rotatable bonds is 11. The summed E-state index contributed by atoms with van der Waals surface area (Å²) >= 11 is 0. The van der Waals surface area contributed by atoms with E-state index in [0.29, 0.717) is 45.1 Å². The number of alkyl carbamates (subject to hydrolysis) is 1. The largest absolute Gasteiger partial charge is 0.444 e. The van der Waals surface area contributed by atoms with Crippen molar-refractivity contribution >= 4 is 29.7 Å². The highest BCUT2D eigenvalue weighted by Gasteiger charge is 2.45. The number of fused-ring (bicyclic) bond motifs is 1. The lowest BCUT2D eigenvalue weighted by Crippen LogP contribution is -2.54. The number of ether oxygens (including phenoxy) is 4. The molecule has 1 fully saturated rings. The van der Waals surface area contributed by atoms with Gasteiger partial charge >= 0.3 is 6.09 Å². The third-order valence-corrected chi connectivity index (χ3v) is 5.52. The summed E-state index contributed by atoms with van der Waals surface area (Å²) in [7, 11) is 0. The molecule has 1 aromatic carbocycles. The van der Waals surface area contributed by atoms with Gasteiger partial charge in [-0.3, -0.25) is 29.4 Å². The van der Waals surface area contributed by atoms with E-state index in [0.717, 1.165) is 4.90 Å². The molecule has 0 radical (unpaired) electrons. The van der Waals surface area contributed by atoms with Crippen LogP contribution in [0.1, 0.15) is 59.9 Å². The summed E-state index contributed by atoms with van der Waals surface area (Å²) in [5, 5.41) is 4.77. The van der Waals surface area contributed by atoms with Gasteiger partial charge < -0.3 is 24.3 Å². The maximum Gasteiger partial charge on any atom is 0.407 e. The van der Waals surface area contributed by atoms with Crippen molar-refractivity contribution in [3.8, 4) is 11.8 Å². The topological polar surface area (TPSA) is 150 Å². The second-order valence-corrected chi connectivity index (χ2v) is 9.68. The number of benzene rings is 1. The third kappa shape index (κ3) is 8.61. The van der Waals surface area contributed by atoms with E-state index in [9.17, 15) is 24.0 Å². The molecule has 0 spiro atoms. The van der Waals surface area contributed by atoms with E-state index in [4.69, 9.17) is 18.9 Å². The van der Waals surface area contributed by atoms with Gasteiger partial charge in [0.25, 0.3) is 11.8 Å². The van der Waals surface area contributed by atoms with Gasteiger partial charge in [0.1, 0.15) is 18.2 Å². The van der Waals surface area contributed by atoms with Gasteiger partial charge in [0.2, 0.25) is 11.8 Å². The Balaban J connectivity index is 1.34. The van der Waals surface area contributed by atoms with Crippen LogP contribution in [0.15, 0.2) is 18.2 Å². The molecule has 0 bridgehead atoms. The number of carbonyl (C=O) groups excluding carboxylic acids is 5. The zero-order valence-corrected chi connectivity index (χ0v) is 22.3. The summed E-state index contributed by atoms with van der Waals surface area (Å²) < 4.78 is 21.3. The first-order valence-corrected chi connectivity index (χ1v) is 12.6. The molecule has 2 heterocycles. The Bertz CT molecular complexity index is 1160. The standard InChI is InChI=1S/C27H33N3O9/c1-27(2,3)39-26(35)28-11-13-37-15-17-38-16-14-36-12-5-7-18-6-4-8-19-22(18)25(34)30(24(19)33)20-9-10-21(31)29-23(20)32/h4,6,8,20H,9-17H2,1-3H3,(H,28,35)(H,29,31,32). The highest BCUT2D eigenvalue weighted by atomic mass is 16.6. The molecular weight excluding hydrogens is 510 g/mol. The Hall–Kier alpha value is -3.79. The van der Waals surface area contributed by atoms with E-state index in [1.54, 1.807) is 32.9 Å². The lowest BCUT2D eigenvalue weighted by Gasteiger charge is -2.27. The highest BCUT2D eigenvalue weighted by Crippen LogP contribution is 2.29. The molecule has 0 aliphatic carbocycles. The maximum atomic E-state index is 13.0. The smallest absolute Gasteiger partial charge is 0.407 e. The second-order valence-electron chi connectivity index (χ2n) is 9.68. The van der Waals surface area contributed by atoms with Crippen LogP contribution in [0.5, 0.6) is 0 Å². The zero-order valence-electron chi connectivity index (χ0n) is 22.3. The Morgan fingerprint density at radius 2 is 1.72 bits per heavy atom. The summed E-state index contributed by atoms with van der Waals surface area (Å²) in [5.41, 5.74) is 0.131. The summed E-state index contributed by atoms with van der Waals surface area (Å²) in [4.78, 5) is 62.0. The van der Waals surface area contributed by atoms with E-state index < -0.39 is 41.4 Å². The van der Waals surface area contributed by atoms with Crippen molar-refractivity contribution in [1.82, 2.24) is 15.5 Å². The molecule has 1 atom stereocenters. The zero-order chi connectivity index (χ0) is 28.4. The van der Waals surface area contributed by atoms with E-state index in [1.165, 1.54) is 6.07 Å². The van der Waals surface area contributed by atoms with Crippen LogP contribution in [0.25, 0.3) is 0 Å². The first kappa shape index (κ1) is 29.8. The molecule has 210 valence electrons. The molecule has 1 unspecified atom stereocenters. The molecule has 1 saturated heterocycles. The van der Waals surface area contributed by atoms with Crippen molar-refractivity contribution in [2.45, 2.75) is 45.3 Å². The molecule has 39 heavy (non-hydrogen) atoms. The van der Waals surface area contributed by atoms with Gasteiger partial charge in [-0.25, -0.2) is 4.79 Å². The third-order valence-electron chi connectivity index (χ3n) is 5.52. The van der Waals surface area contributed by atoms with Crippen LogP contribution in [0, 0.1) is 11.8 Å². The monoisotopic (exact) mass is 543 g/mol. The number of piperidine rings is 1. The van der Waals surface area contributed by atoms with E-state index in [-0.39, 0.29) is 30.6 Å². The average molecular weight is 544 g/mol. The molecule has 3 rings (SSSR count). The van der Waals surface area contributed by atoms with Gasteiger partial charge in [-0.05, 0) is 39.3 Å². The van der Waals surface area contributed by atoms with Crippen LogP contribution < -0.4 is 10.6 Å². The molecule has 0 saturated carbocycles. The minimum absolute atomic E-state index is 0.0535. The molecule has 2 aliphatic rings. The normalized spacial score (nSPS) is 16.9. The average Bonchev–Trinajstić information content (AvgIpc) is 3.11. The summed E-state index contributed by atoms with van der Waals surface area (Å²) in [6, 6.07) is 3.73. The first-order chi connectivity index (χ1) is 18.6. The molecule has 2 aliphatic heterocycles. The fourth-order valence-corrected chi connectivity index (χ4v) is 3.85. The van der Waals surface area contributed by atoms with Gasteiger partial charge in [-0.1, -0.05) is 17.9 Å². The number of nitrogens with zero attached hydrogens (tertiary/aromatic N) is 1. The van der Waals surface area contributed by atoms with Crippen molar-refractivity contribution in [1.29, 1.82) is 0 Å². The molecule has 5 amide bonds. The Kier molecular flexibility index (Phi) is 10.6. The number of imide groups is 2. The second kappa shape index (κ2) is 13.8. The van der Waals surface area contributed by atoms with Crippen LogP contribution in [-0.4, -0.2) is 92.5 Å². The van der Waals surface area contributed by atoms with Gasteiger partial charge in [-0.15, -0.1) is 0 Å². The summed E-state index contributed by atoms with van der Waals surface area (Å²) in [6.45, 7) is 7.45.